The zero-order chi connectivity index (χ0) is 27.0. The molecule has 2 aromatic heterocycles. The van der Waals surface area contributed by atoms with Crippen molar-refractivity contribution in [2.45, 2.75) is 29.4 Å². The zero-order valence-corrected chi connectivity index (χ0v) is 20.2. The van der Waals surface area contributed by atoms with Crippen molar-refractivity contribution in [3.05, 3.63) is 53.8 Å². The van der Waals surface area contributed by atoms with Gasteiger partial charge in [-0.15, -0.1) is 11.3 Å². The number of amidine groups is 1. The first-order valence-electron chi connectivity index (χ1n) is 10.4. The second kappa shape index (κ2) is 9.95. The molecule has 1 fully saturated rings. The maximum absolute atomic E-state index is 12.9. The monoisotopic (exact) mass is 557 g/mol. The normalized spacial score (nSPS) is 16.2. The number of hydrogen-bond donors (Lipinski definition) is 3. The predicted octanol–water partition coefficient (Wildman–Crippen LogP) is 2.23. The number of esters is 1. The molecule has 0 spiro atoms. The van der Waals surface area contributed by atoms with Crippen molar-refractivity contribution in [2.75, 3.05) is 6.54 Å². The van der Waals surface area contributed by atoms with E-state index in [-0.39, 0.29) is 34.8 Å². The van der Waals surface area contributed by atoms with Crippen molar-refractivity contribution >= 4 is 39.1 Å². The van der Waals surface area contributed by atoms with E-state index in [0.717, 1.165) is 17.4 Å². The fourth-order valence-electron chi connectivity index (χ4n) is 3.53. The molecule has 4 N–H and O–H groups in total. The lowest BCUT2D eigenvalue weighted by Gasteiger charge is -2.20. The van der Waals surface area contributed by atoms with Crippen LogP contribution in [-0.4, -0.2) is 54.9 Å². The number of nitrogens with one attached hydrogen (secondary N) is 2. The topological polar surface area (TPSA) is 169 Å². The molecule has 1 amide bonds. The van der Waals surface area contributed by atoms with E-state index < -0.39 is 45.7 Å². The van der Waals surface area contributed by atoms with Crippen LogP contribution in [0.5, 0.6) is 5.75 Å². The molecule has 3 aromatic rings. The summed E-state index contributed by atoms with van der Waals surface area (Å²) in [6.45, 7) is -0.244. The summed E-state index contributed by atoms with van der Waals surface area (Å²) in [4.78, 5) is 26.0. The Balaban J connectivity index is 1.50. The number of sulfonamides is 1. The lowest BCUT2D eigenvalue weighted by molar-refractivity contribution is -0.189. The number of halogens is 3. The molecule has 37 heavy (non-hydrogen) atoms. The zero-order valence-electron chi connectivity index (χ0n) is 18.6. The van der Waals surface area contributed by atoms with E-state index in [1.165, 1.54) is 29.4 Å². The first kappa shape index (κ1) is 26.3. The summed E-state index contributed by atoms with van der Waals surface area (Å²) in [5, 5.41) is 11.3. The Bertz CT molecular complexity index is 1450. The summed E-state index contributed by atoms with van der Waals surface area (Å²) in [7, 11) is -4.08. The van der Waals surface area contributed by atoms with Crippen LogP contribution in [0.25, 0.3) is 10.6 Å². The Morgan fingerprint density at radius 2 is 2.05 bits per heavy atom. The van der Waals surface area contributed by atoms with Gasteiger partial charge in [-0.05, 0) is 36.8 Å². The molecule has 1 aliphatic heterocycles. The van der Waals surface area contributed by atoms with Gasteiger partial charge in [0.1, 0.15) is 33.8 Å². The van der Waals surface area contributed by atoms with E-state index in [1.807, 2.05) is 0 Å². The molecule has 0 saturated carbocycles. The number of aromatic nitrogens is 1. The summed E-state index contributed by atoms with van der Waals surface area (Å²) in [5.74, 6) is -3.95. The van der Waals surface area contributed by atoms with Gasteiger partial charge in [0.25, 0.3) is 10.0 Å². The summed E-state index contributed by atoms with van der Waals surface area (Å²) >= 11 is 0.929. The van der Waals surface area contributed by atoms with Crippen LogP contribution >= 0.6 is 11.3 Å². The number of carbonyl (C=O) groups excluding carboxylic acids is 2. The van der Waals surface area contributed by atoms with Gasteiger partial charge in [-0.3, -0.25) is 10.2 Å². The van der Waals surface area contributed by atoms with Gasteiger partial charge in [-0.2, -0.15) is 17.9 Å². The molecule has 0 unspecified atom stereocenters. The lowest BCUT2D eigenvalue weighted by atomic mass is 10.1. The van der Waals surface area contributed by atoms with E-state index in [4.69, 9.17) is 15.7 Å². The number of alkyl halides is 3. The Morgan fingerprint density at radius 3 is 2.70 bits per heavy atom. The van der Waals surface area contributed by atoms with Gasteiger partial charge in [0.15, 0.2) is 0 Å². The number of carbonyl (C=O) groups is 2. The van der Waals surface area contributed by atoms with Crippen molar-refractivity contribution in [3.63, 3.8) is 0 Å². The first-order valence-corrected chi connectivity index (χ1v) is 12.7. The molecule has 16 heteroatoms. The number of hydrogen-bond acceptors (Lipinski definition) is 9. The van der Waals surface area contributed by atoms with Gasteiger partial charge in [0.05, 0.1) is 4.88 Å². The Kier molecular flexibility index (Phi) is 7.07. The predicted molar refractivity (Wildman–Crippen MR) is 123 cm³/mol. The third-order valence-corrected chi connectivity index (χ3v) is 8.37. The Morgan fingerprint density at radius 1 is 1.30 bits per heavy atom. The number of amides is 1. The molecule has 4 rings (SSSR count). The van der Waals surface area contributed by atoms with Crippen LogP contribution in [-0.2, 0) is 26.2 Å². The summed E-state index contributed by atoms with van der Waals surface area (Å²) in [6.07, 6.45) is -3.82. The lowest BCUT2D eigenvalue weighted by Crippen LogP contribution is -2.41. The van der Waals surface area contributed by atoms with Gasteiger partial charge in [-0.25, -0.2) is 13.2 Å². The minimum atomic E-state index is -5.25. The van der Waals surface area contributed by atoms with Crippen LogP contribution < -0.4 is 15.2 Å². The number of benzene rings is 1. The summed E-state index contributed by atoms with van der Waals surface area (Å²) in [5.41, 5.74) is 6.01. The van der Waals surface area contributed by atoms with Crippen LogP contribution in [0.3, 0.4) is 0 Å². The molecule has 11 nitrogen and oxygen atoms in total. The number of nitrogens with two attached hydrogens (primary N) is 1. The number of nitrogen functional groups attached to an aromatic ring is 1. The number of likely N-dealkylation sites (tertiary alicyclic amines) is 1. The average molecular weight is 558 g/mol. The number of rotatable bonds is 8. The largest absolute Gasteiger partial charge is 0.491 e. The molecular formula is C21H18F3N5O6S2. The number of ether oxygens (including phenoxy) is 1. The molecule has 0 aliphatic carbocycles. The third kappa shape index (κ3) is 5.81. The number of thiophene rings is 1. The molecule has 1 saturated heterocycles. The van der Waals surface area contributed by atoms with E-state index in [9.17, 15) is 31.2 Å². The van der Waals surface area contributed by atoms with E-state index in [1.54, 1.807) is 12.1 Å². The van der Waals surface area contributed by atoms with Crippen molar-refractivity contribution < 1.29 is 40.4 Å². The van der Waals surface area contributed by atoms with Crippen LogP contribution in [0.2, 0.25) is 0 Å². The second-order valence-corrected chi connectivity index (χ2v) is 10.9. The van der Waals surface area contributed by atoms with Gasteiger partial charge in [0.2, 0.25) is 5.91 Å². The molecule has 1 aliphatic rings. The van der Waals surface area contributed by atoms with Crippen molar-refractivity contribution in [2.24, 2.45) is 5.73 Å². The van der Waals surface area contributed by atoms with Crippen LogP contribution in [0, 0.1) is 5.41 Å². The third-order valence-electron chi connectivity index (χ3n) is 5.30. The van der Waals surface area contributed by atoms with Crippen LogP contribution in [0.15, 0.2) is 51.4 Å². The molecule has 1 aromatic carbocycles. The molecule has 0 bridgehead atoms. The molecule has 3 heterocycles. The van der Waals surface area contributed by atoms with E-state index in [0.29, 0.717) is 10.6 Å². The highest BCUT2D eigenvalue weighted by Crippen LogP contribution is 2.31. The first-order chi connectivity index (χ1) is 17.3. The van der Waals surface area contributed by atoms with E-state index in [2.05, 4.69) is 14.6 Å². The van der Waals surface area contributed by atoms with Crippen LogP contribution in [0.4, 0.5) is 13.2 Å². The quantitative estimate of drug-likeness (QED) is 0.164. The molecule has 196 valence electrons. The minimum absolute atomic E-state index is 0.0160. The van der Waals surface area contributed by atoms with Crippen molar-refractivity contribution in [3.8, 4) is 16.3 Å². The van der Waals surface area contributed by atoms with Gasteiger partial charge < -0.3 is 19.9 Å². The van der Waals surface area contributed by atoms with E-state index >= 15 is 0 Å². The summed E-state index contributed by atoms with van der Waals surface area (Å²) in [6, 6.07) is 6.81. The highest BCUT2D eigenvalue weighted by Gasteiger charge is 2.42. The minimum Gasteiger partial charge on any atom is -0.420 e. The highest BCUT2D eigenvalue weighted by atomic mass is 32.2. The second-order valence-electron chi connectivity index (χ2n) is 7.85. The molecular weight excluding hydrogens is 539 g/mol. The maximum Gasteiger partial charge on any atom is 0.491 e. The Labute approximate surface area is 211 Å². The number of nitrogens with zero attached hydrogens (tertiary/aromatic N) is 2. The Hall–Kier alpha value is -3.76. The van der Waals surface area contributed by atoms with Crippen molar-refractivity contribution in [1.82, 2.24) is 14.8 Å². The smallest absolute Gasteiger partial charge is 0.420 e. The summed E-state index contributed by atoms with van der Waals surface area (Å²) < 4.78 is 75.3. The average Bonchev–Trinajstić information content (AvgIpc) is 3.57. The fraction of sp³-hybridized carbons (Fsp3) is 0.238. The van der Waals surface area contributed by atoms with Gasteiger partial charge in [-0.1, -0.05) is 5.16 Å². The standard InChI is InChI=1S/C21H18F3N5O6S2/c22-21(23,24)20(31)35-15-2-1-11(18(25)26)9-12(15)10-29-7-5-14(19(29)30)28-37(32,33)17-4-3-16(36-17)13-6-8-34-27-13/h1-4,6,8-9,14,28H,5,7,10H2,(H3,25,26)/t14-/m0/s1. The SMILES string of the molecule is N=C(N)c1ccc(OC(=O)C(F)(F)F)c(CN2CC[C@H](NS(=O)(=O)c3ccc(-c4ccon4)s3)C2=O)c1. The van der Waals surface area contributed by atoms with Crippen LogP contribution in [0.1, 0.15) is 17.5 Å². The van der Waals surface area contributed by atoms with Crippen molar-refractivity contribution in [1.29, 1.82) is 5.41 Å². The fourth-order valence-corrected chi connectivity index (χ4v) is 6.03. The maximum atomic E-state index is 12.9. The van der Waals surface area contributed by atoms with Gasteiger partial charge in [0, 0.05) is 30.3 Å². The molecule has 1 atom stereocenters. The highest BCUT2D eigenvalue weighted by molar-refractivity contribution is 7.91. The van der Waals surface area contributed by atoms with Gasteiger partial charge >= 0.3 is 12.1 Å². The molecule has 0 radical (unpaired) electrons.